The van der Waals surface area contributed by atoms with Gasteiger partial charge in [-0.3, -0.25) is 14.3 Å². The number of carbonyl (C=O) groups is 2. The fraction of sp³-hybridized carbons (Fsp3) is 0.440. The first kappa shape index (κ1) is 19.8. The number of hydrogen-bond donors (Lipinski definition) is 3. The number of aromatic nitrogens is 3. The van der Waals surface area contributed by atoms with Gasteiger partial charge < -0.3 is 20.7 Å². The van der Waals surface area contributed by atoms with Gasteiger partial charge in [0.25, 0.3) is 5.91 Å². The van der Waals surface area contributed by atoms with E-state index in [1.807, 2.05) is 39.1 Å². The summed E-state index contributed by atoms with van der Waals surface area (Å²) in [6.45, 7) is 6.00. The number of nitrogens with zero attached hydrogens (tertiary/aromatic N) is 3. The normalized spacial score (nSPS) is 16.2. The van der Waals surface area contributed by atoms with Gasteiger partial charge in [0.1, 0.15) is 11.3 Å². The van der Waals surface area contributed by atoms with Gasteiger partial charge in [-0.15, -0.1) is 0 Å². The van der Waals surface area contributed by atoms with E-state index in [1.165, 1.54) is 19.4 Å². The molecule has 0 spiro atoms. The number of methoxy groups -OCH3 is 1. The smallest absolute Gasteiger partial charge is 0.254 e. The summed E-state index contributed by atoms with van der Waals surface area (Å²) >= 11 is 0. The lowest BCUT2D eigenvalue weighted by Crippen LogP contribution is -2.35. The average Bonchev–Trinajstić information content (AvgIpc) is 3.53. The Morgan fingerprint density at radius 2 is 2.00 bits per heavy atom. The summed E-state index contributed by atoms with van der Waals surface area (Å²) < 4.78 is 29.8. The molecule has 9 nitrogen and oxygen atoms in total. The van der Waals surface area contributed by atoms with Gasteiger partial charge in [-0.2, -0.15) is 5.10 Å². The molecule has 4 rings (SSSR count). The van der Waals surface area contributed by atoms with Crippen LogP contribution in [0, 0.1) is 10.8 Å². The number of fused-ring (bicyclic) bond motifs is 1. The highest BCUT2D eigenvalue weighted by molar-refractivity contribution is 6.03. The number of anilines is 3. The quantitative estimate of drug-likeness (QED) is 0.477. The van der Waals surface area contributed by atoms with Crippen LogP contribution in [-0.2, 0) is 11.3 Å². The van der Waals surface area contributed by atoms with Crippen LogP contribution in [-0.4, -0.2) is 40.7 Å². The number of rotatable bonds is 7. The maximum Gasteiger partial charge on any atom is 0.254 e. The van der Waals surface area contributed by atoms with E-state index in [2.05, 4.69) is 20.7 Å². The van der Waals surface area contributed by atoms with Gasteiger partial charge in [-0.05, 0) is 37.3 Å². The van der Waals surface area contributed by atoms with Crippen LogP contribution in [0.15, 0.2) is 30.6 Å². The molecule has 1 aliphatic rings. The third kappa shape index (κ3) is 3.95. The van der Waals surface area contributed by atoms with Gasteiger partial charge in [0.15, 0.2) is 5.75 Å². The molecule has 2 aromatic heterocycles. The van der Waals surface area contributed by atoms with E-state index in [9.17, 15) is 9.59 Å². The number of amides is 2. The minimum Gasteiger partial charge on any atom is -0.492 e. The summed E-state index contributed by atoms with van der Waals surface area (Å²) in [7, 11) is 1.54. The summed E-state index contributed by atoms with van der Waals surface area (Å²) in [5, 5.41) is 13.3. The summed E-state index contributed by atoms with van der Waals surface area (Å²) in [6.07, 6.45) is 4.56. The van der Waals surface area contributed by atoms with E-state index in [0.29, 0.717) is 18.0 Å². The van der Waals surface area contributed by atoms with Crippen molar-refractivity contribution in [3.8, 4) is 5.75 Å². The molecule has 3 aromatic rings. The Bertz CT molecular complexity index is 1360. The maximum atomic E-state index is 13.2. The van der Waals surface area contributed by atoms with Crippen LogP contribution >= 0.6 is 0 Å². The fourth-order valence-corrected chi connectivity index (χ4v) is 4.39. The van der Waals surface area contributed by atoms with E-state index >= 15 is 0 Å². The Balaban J connectivity index is 1.75. The summed E-state index contributed by atoms with van der Waals surface area (Å²) in [5.41, 5.74) is 0.858. The molecule has 9 heteroatoms. The highest BCUT2D eigenvalue weighted by Gasteiger charge is 2.57. The Hall–Kier alpha value is -3.62. The number of aryl methyl sites for hydroxylation is 1. The first-order chi connectivity index (χ1) is 17.3. The summed E-state index contributed by atoms with van der Waals surface area (Å²) in [4.78, 5) is 30.2. The van der Waals surface area contributed by atoms with E-state index in [4.69, 9.17) is 8.85 Å². The van der Waals surface area contributed by atoms with Crippen molar-refractivity contribution in [2.24, 2.45) is 10.8 Å². The van der Waals surface area contributed by atoms with E-state index in [1.54, 1.807) is 16.9 Å². The molecule has 0 saturated heterocycles. The highest BCUT2D eigenvalue weighted by atomic mass is 16.5. The van der Waals surface area contributed by atoms with Crippen molar-refractivity contribution in [3.05, 3.63) is 36.2 Å². The van der Waals surface area contributed by atoms with Crippen LogP contribution in [0.3, 0.4) is 0 Å². The maximum absolute atomic E-state index is 13.2. The molecule has 3 N–H and O–H groups in total. The lowest BCUT2D eigenvalue weighted by atomic mass is 9.77. The second-order valence-corrected chi connectivity index (χ2v) is 9.53. The van der Waals surface area contributed by atoms with Crippen molar-refractivity contribution >= 4 is 39.9 Å². The van der Waals surface area contributed by atoms with Gasteiger partial charge in [-0.1, -0.05) is 20.8 Å². The number of hydrogen-bond acceptors (Lipinski definition) is 6. The first-order valence-electron chi connectivity index (χ1n) is 12.7. The molecule has 1 saturated carbocycles. The van der Waals surface area contributed by atoms with E-state index in [0.717, 1.165) is 23.7 Å². The van der Waals surface area contributed by atoms with Crippen molar-refractivity contribution < 1.29 is 18.4 Å². The molecule has 34 heavy (non-hydrogen) atoms. The zero-order valence-electron chi connectivity index (χ0n) is 23.1. The zero-order chi connectivity index (χ0) is 27.2. The van der Waals surface area contributed by atoms with Crippen LogP contribution in [0.25, 0.3) is 10.9 Å². The van der Waals surface area contributed by atoms with Crippen molar-refractivity contribution in [2.45, 2.75) is 47.1 Å². The monoisotopic (exact) mass is 467 g/mol. The van der Waals surface area contributed by atoms with E-state index < -0.39 is 18.3 Å². The van der Waals surface area contributed by atoms with Crippen LogP contribution < -0.4 is 20.7 Å². The standard InChI is InChI=1S/C25H32N6O3/c1-7-31-20-15(13-28-31)8-9-17(21(20)34-6)29-18-12-19(27-14-16(18)22(32)26-5)30-23(33)25(10-11-25)24(2,3)4/h8-9,12-14H,7,10-11H2,1-6H3,(H,26,32)(H2,27,29,30,33)/i5D3. The highest BCUT2D eigenvalue weighted by Crippen LogP contribution is 2.58. The van der Waals surface area contributed by atoms with Crippen molar-refractivity contribution in [1.29, 1.82) is 0 Å². The lowest BCUT2D eigenvalue weighted by molar-refractivity contribution is -0.124. The number of nitrogens with one attached hydrogen (secondary N) is 3. The Labute approximate surface area is 203 Å². The third-order valence-electron chi connectivity index (χ3n) is 6.65. The van der Waals surface area contributed by atoms with Gasteiger partial charge in [0, 0.05) is 35.3 Å². The predicted molar refractivity (Wildman–Crippen MR) is 133 cm³/mol. The second-order valence-electron chi connectivity index (χ2n) is 9.53. The Morgan fingerprint density at radius 1 is 1.24 bits per heavy atom. The predicted octanol–water partition coefficient (Wildman–Crippen LogP) is 4.33. The topological polar surface area (TPSA) is 110 Å². The van der Waals surface area contributed by atoms with Crippen molar-refractivity contribution in [2.75, 3.05) is 24.7 Å². The van der Waals surface area contributed by atoms with Crippen LogP contribution in [0.5, 0.6) is 5.75 Å². The summed E-state index contributed by atoms with van der Waals surface area (Å²) in [6, 6.07) is 5.17. The largest absolute Gasteiger partial charge is 0.492 e. The summed E-state index contributed by atoms with van der Waals surface area (Å²) in [5.74, 6) is -0.220. The Kier molecular flexibility index (Phi) is 5.03. The van der Waals surface area contributed by atoms with Crippen LogP contribution in [0.4, 0.5) is 17.2 Å². The fourth-order valence-electron chi connectivity index (χ4n) is 4.39. The van der Waals surface area contributed by atoms with Crippen molar-refractivity contribution in [1.82, 2.24) is 20.1 Å². The Morgan fingerprint density at radius 3 is 2.62 bits per heavy atom. The minimum atomic E-state index is -2.68. The van der Waals surface area contributed by atoms with Crippen LogP contribution in [0.1, 0.15) is 55.0 Å². The SMILES string of the molecule is [2H]C([2H])([2H])NC(=O)c1cnc(NC(=O)C2(C(C)(C)C)CC2)cc1Nc1ccc2cnn(CC)c2c1OC. The zero-order valence-corrected chi connectivity index (χ0v) is 20.1. The van der Waals surface area contributed by atoms with Gasteiger partial charge in [-0.25, -0.2) is 4.98 Å². The molecule has 2 amide bonds. The number of pyridine rings is 1. The van der Waals surface area contributed by atoms with Crippen LogP contribution in [0.2, 0.25) is 0 Å². The molecule has 0 radical (unpaired) electrons. The second kappa shape index (κ2) is 8.62. The van der Waals surface area contributed by atoms with Gasteiger partial charge in [0.05, 0.1) is 35.7 Å². The molecule has 0 bridgehead atoms. The molecular formula is C25H32N6O3. The van der Waals surface area contributed by atoms with Crippen molar-refractivity contribution in [3.63, 3.8) is 0 Å². The van der Waals surface area contributed by atoms with Gasteiger partial charge in [0.2, 0.25) is 5.91 Å². The number of ether oxygens (including phenoxy) is 1. The molecule has 2 heterocycles. The lowest BCUT2D eigenvalue weighted by Gasteiger charge is -2.29. The molecule has 0 unspecified atom stereocenters. The molecule has 0 atom stereocenters. The average molecular weight is 468 g/mol. The first-order valence-corrected chi connectivity index (χ1v) is 11.2. The molecule has 0 aliphatic heterocycles. The van der Waals surface area contributed by atoms with Gasteiger partial charge >= 0.3 is 0 Å². The molecule has 1 aliphatic carbocycles. The molecular weight excluding hydrogens is 432 g/mol. The number of carbonyl (C=O) groups excluding carboxylic acids is 2. The third-order valence-corrected chi connectivity index (χ3v) is 6.65. The number of benzene rings is 1. The molecule has 1 aromatic carbocycles. The minimum absolute atomic E-state index is 0.00257. The van der Waals surface area contributed by atoms with E-state index in [-0.39, 0.29) is 28.4 Å². The molecule has 180 valence electrons. The molecule has 1 fully saturated rings.